The van der Waals surface area contributed by atoms with E-state index in [0.717, 1.165) is 24.8 Å². The summed E-state index contributed by atoms with van der Waals surface area (Å²) in [4.78, 5) is 22.8. The number of amides is 1. The Morgan fingerprint density at radius 1 is 1.33 bits per heavy atom. The van der Waals surface area contributed by atoms with E-state index in [1.807, 2.05) is 30.3 Å². The van der Waals surface area contributed by atoms with Crippen molar-refractivity contribution in [1.29, 1.82) is 0 Å². The van der Waals surface area contributed by atoms with Gasteiger partial charge in [0.1, 0.15) is 6.61 Å². The number of carboxylic acids is 1. The molecule has 112 valence electrons. The van der Waals surface area contributed by atoms with Gasteiger partial charge in [-0.2, -0.15) is 0 Å². The van der Waals surface area contributed by atoms with Gasteiger partial charge in [-0.25, -0.2) is 4.79 Å². The molecule has 0 bridgehead atoms. The zero-order valence-corrected chi connectivity index (χ0v) is 11.7. The maximum Gasteiger partial charge on any atom is 0.407 e. The van der Waals surface area contributed by atoms with Crippen LogP contribution in [-0.4, -0.2) is 23.2 Å². The largest absolute Gasteiger partial charge is 0.481 e. The molecule has 2 atom stereocenters. The van der Waals surface area contributed by atoms with Crippen molar-refractivity contribution in [2.45, 2.75) is 38.3 Å². The van der Waals surface area contributed by atoms with Gasteiger partial charge >= 0.3 is 12.1 Å². The van der Waals surface area contributed by atoms with Crippen molar-refractivity contribution in [2.75, 3.05) is 0 Å². The minimum absolute atomic E-state index is 0.0349. The van der Waals surface area contributed by atoms with Gasteiger partial charge in [0, 0.05) is 6.04 Å². The molecule has 0 saturated heterocycles. The van der Waals surface area contributed by atoms with Gasteiger partial charge in [0.25, 0.3) is 0 Å². The van der Waals surface area contributed by atoms with Crippen LogP contribution < -0.4 is 5.32 Å². The first kappa shape index (κ1) is 13.9. The molecule has 2 aliphatic rings. The number of ether oxygens (including phenoxy) is 1. The van der Waals surface area contributed by atoms with Crippen molar-refractivity contribution in [2.24, 2.45) is 11.3 Å². The quantitative estimate of drug-likeness (QED) is 0.844. The number of benzene rings is 1. The fourth-order valence-corrected chi connectivity index (χ4v) is 3.08. The van der Waals surface area contributed by atoms with Crippen LogP contribution in [0.1, 0.15) is 31.2 Å². The van der Waals surface area contributed by atoms with Crippen molar-refractivity contribution in [3.05, 3.63) is 35.9 Å². The van der Waals surface area contributed by atoms with E-state index in [1.54, 1.807) is 0 Å². The van der Waals surface area contributed by atoms with Gasteiger partial charge in [-0.15, -0.1) is 0 Å². The second kappa shape index (κ2) is 5.39. The Morgan fingerprint density at radius 2 is 2.05 bits per heavy atom. The summed E-state index contributed by atoms with van der Waals surface area (Å²) in [6.07, 6.45) is 2.78. The second-order valence-electron chi connectivity index (χ2n) is 6.08. The lowest BCUT2D eigenvalue weighted by Crippen LogP contribution is -2.39. The first-order valence-corrected chi connectivity index (χ1v) is 7.28. The average molecular weight is 289 g/mol. The molecule has 1 aromatic rings. The zero-order chi connectivity index (χ0) is 14.9. The summed E-state index contributed by atoms with van der Waals surface area (Å²) in [5.74, 6) is -0.580. The number of hydrogen-bond donors (Lipinski definition) is 2. The number of alkyl carbamates (subject to hydrolysis) is 1. The molecule has 1 amide bonds. The van der Waals surface area contributed by atoms with Crippen LogP contribution in [0.4, 0.5) is 4.79 Å². The van der Waals surface area contributed by atoms with Crippen molar-refractivity contribution in [3.8, 4) is 0 Å². The van der Waals surface area contributed by atoms with Gasteiger partial charge in [0.2, 0.25) is 0 Å². The Kier molecular flexibility index (Phi) is 3.57. The molecule has 2 fully saturated rings. The van der Waals surface area contributed by atoms with Crippen LogP contribution in [0, 0.1) is 11.3 Å². The van der Waals surface area contributed by atoms with Crippen LogP contribution >= 0.6 is 0 Å². The first-order valence-electron chi connectivity index (χ1n) is 7.28. The van der Waals surface area contributed by atoms with E-state index in [0.29, 0.717) is 11.3 Å². The van der Waals surface area contributed by atoms with Gasteiger partial charge in [-0.3, -0.25) is 4.79 Å². The summed E-state index contributed by atoms with van der Waals surface area (Å²) in [6, 6.07) is 9.10. The number of rotatable bonds is 6. The van der Waals surface area contributed by atoms with Crippen LogP contribution in [0.5, 0.6) is 0 Å². The minimum atomic E-state index is -0.883. The highest BCUT2D eigenvalue weighted by Crippen LogP contribution is 2.71. The summed E-state index contributed by atoms with van der Waals surface area (Å²) in [7, 11) is 0. The number of aliphatic carboxylic acids is 1. The van der Waals surface area contributed by atoms with Crippen molar-refractivity contribution in [1.82, 2.24) is 5.32 Å². The Hall–Kier alpha value is -2.04. The molecule has 2 aliphatic carbocycles. The monoisotopic (exact) mass is 289 g/mol. The van der Waals surface area contributed by atoms with E-state index in [-0.39, 0.29) is 19.1 Å². The molecule has 0 aliphatic heterocycles. The van der Waals surface area contributed by atoms with E-state index < -0.39 is 12.1 Å². The smallest absolute Gasteiger partial charge is 0.407 e. The van der Waals surface area contributed by atoms with E-state index in [1.165, 1.54) is 0 Å². The average Bonchev–Trinajstić information content (AvgIpc) is 3.37. The van der Waals surface area contributed by atoms with Crippen LogP contribution in [-0.2, 0) is 16.1 Å². The second-order valence-corrected chi connectivity index (χ2v) is 6.08. The zero-order valence-electron chi connectivity index (χ0n) is 11.7. The molecule has 0 aromatic heterocycles. The van der Waals surface area contributed by atoms with E-state index in [2.05, 4.69) is 5.32 Å². The molecule has 21 heavy (non-hydrogen) atoms. The fraction of sp³-hybridized carbons (Fsp3) is 0.500. The van der Waals surface area contributed by atoms with Gasteiger partial charge in [0.15, 0.2) is 0 Å². The molecule has 3 rings (SSSR count). The van der Waals surface area contributed by atoms with Crippen LogP contribution in [0.25, 0.3) is 0 Å². The Morgan fingerprint density at radius 3 is 2.62 bits per heavy atom. The SMILES string of the molecule is O=C(O)CC(NC(=O)OCc1ccccc1)C1CC12CC2. The summed E-state index contributed by atoms with van der Waals surface area (Å²) in [5, 5.41) is 11.7. The number of nitrogens with one attached hydrogen (secondary N) is 1. The van der Waals surface area contributed by atoms with Gasteiger partial charge < -0.3 is 15.2 Å². The van der Waals surface area contributed by atoms with Gasteiger partial charge in [-0.05, 0) is 36.2 Å². The molecule has 2 N–H and O–H groups in total. The number of carbonyl (C=O) groups is 2. The third-order valence-corrected chi connectivity index (χ3v) is 4.54. The predicted molar refractivity (Wildman–Crippen MR) is 75.6 cm³/mol. The van der Waals surface area contributed by atoms with E-state index in [9.17, 15) is 9.59 Å². The lowest BCUT2D eigenvalue weighted by Gasteiger charge is -2.17. The summed E-state index contributed by atoms with van der Waals surface area (Å²) in [5.41, 5.74) is 1.25. The van der Waals surface area contributed by atoms with Crippen molar-refractivity contribution < 1.29 is 19.4 Å². The molecule has 5 heteroatoms. The highest BCUT2D eigenvalue weighted by Gasteiger charge is 2.65. The van der Waals surface area contributed by atoms with Crippen molar-refractivity contribution >= 4 is 12.1 Å². The molecule has 0 radical (unpaired) electrons. The topological polar surface area (TPSA) is 75.6 Å². The number of hydrogen-bond acceptors (Lipinski definition) is 3. The summed E-state index contributed by atoms with van der Waals surface area (Å²) < 4.78 is 5.16. The number of carboxylic acid groups (broad SMARTS) is 1. The minimum Gasteiger partial charge on any atom is -0.481 e. The maximum atomic E-state index is 11.8. The summed E-state index contributed by atoms with van der Waals surface area (Å²) in [6.45, 7) is 0.197. The normalized spacial score (nSPS) is 22.4. The Labute approximate surface area is 123 Å². The first-order chi connectivity index (χ1) is 10.1. The lowest BCUT2D eigenvalue weighted by atomic mass is 10.1. The third kappa shape index (κ3) is 3.35. The Bertz CT molecular complexity index is 538. The standard InChI is InChI=1S/C16H19NO4/c18-14(19)8-13(12-9-16(12)6-7-16)17-15(20)21-10-11-4-2-1-3-5-11/h1-5,12-13H,6-10H2,(H,17,20)(H,18,19). The van der Waals surface area contributed by atoms with Crippen molar-refractivity contribution in [3.63, 3.8) is 0 Å². The van der Waals surface area contributed by atoms with E-state index >= 15 is 0 Å². The molecule has 0 heterocycles. The molecule has 1 spiro atoms. The van der Waals surface area contributed by atoms with Crippen LogP contribution in [0.15, 0.2) is 30.3 Å². The Balaban J connectivity index is 1.50. The molecule has 1 aromatic carbocycles. The van der Waals surface area contributed by atoms with Gasteiger partial charge in [0.05, 0.1) is 6.42 Å². The van der Waals surface area contributed by atoms with Crippen LogP contribution in [0.3, 0.4) is 0 Å². The number of carbonyl (C=O) groups excluding carboxylic acids is 1. The predicted octanol–water partition coefficient (Wildman–Crippen LogP) is 2.56. The van der Waals surface area contributed by atoms with Gasteiger partial charge in [-0.1, -0.05) is 30.3 Å². The fourth-order valence-electron chi connectivity index (χ4n) is 3.08. The van der Waals surface area contributed by atoms with E-state index in [4.69, 9.17) is 9.84 Å². The highest BCUT2D eigenvalue weighted by molar-refractivity contribution is 5.71. The highest BCUT2D eigenvalue weighted by atomic mass is 16.5. The molecular weight excluding hydrogens is 270 g/mol. The molecule has 2 saturated carbocycles. The molecule has 5 nitrogen and oxygen atoms in total. The summed E-state index contributed by atoms with van der Waals surface area (Å²) >= 11 is 0. The maximum absolute atomic E-state index is 11.8. The molecular formula is C16H19NO4. The molecule has 2 unspecified atom stereocenters. The lowest BCUT2D eigenvalue weighted by molar-refractivity contribution is -0.137. The third-order valence-electron chi connectivity index (χ3n) is 4.54. The van der Waals surface area contributed by atoms with Crippen LogP contribution in [0.2, 0.25) is 0 Å².